The standard InChI is InChI=1S/C19H23BrFNO2/c1-3-10-24-19-17(20)11-15(12-18(19)23-2)13-22-9-8-14-4-6-16(21)7-5-14/h4-7,11-12,22H,3,8-10,13H2,1-2H3. The van der Waals surface area contributed by atoms with Gasteiger partial charge >= 0.3 is 0 Å². The van der Waals surface area contributed by atoms with Gasteiger partial charge in [0.15, 0.2) is 11.5 Å². The van der Waals surface area contributed by atoms with Gasteiger partial charge in [0.05, 0.1) is 18.2 Å². The van der Waals surface area contributed by atoms with Crippen LogP contribution in [0.15, 0.2) is 40.9 Å². The van der Waals surface area contributed by atoms with Crippen LogP contribution in [-0.4, -0.2) is 20.3 Å². The second kappa shape index (κ2) is 9.64. The van der Waals surface area contributed by atoms with Crippen molar-refractivity contribution >= 4 is 15.9 Å². The molecule has 0 radical (unpaired) electrons. The van der Waals surface area contributed by atoms with Crippen molar-refractivity contribution in [3.8, 4) is 11.5 Å². The van der Waals surface area contributed by atoms with E-state index in [0.29, 0.717) is 6.61 Å². The molecule has 1 N–H and O–H groups in total. The van der Waals surface area contributed by atoms with Crippen LogP contribution < -0.4 is 14.8 Å². The Morgan fingerprint density at radius 1 is 1.12 bits per heavy atom. The molecule has 0 spiro atoms. The van der Waals surface area contributed by atoms with Gasteiger partial charge in [-0.1, -0.05) is 19.1 Å². The fraction of sp³-hybridized carbons (Fsp3) is 0.368. The Bertz CT molecular complexity index is 647. The number of benzene rings is 2. The lowest BCUT2D eigenvalue weighted by atomic mass is 10.1. The summed E-state index contributed by atoms with van der Waals surface area (Å²) in [5.74, 6) is 1.27. The number of ether oxygens (including phenoxy) is 2. The van der Waals surface area contributed by atoms with Crippen LogP contribution in [0.3, 0.4) is 0 Å². The minimum Gasteiger partial charge on any atom is -0.493 e. The van der Waals surface area contributed by atoms with E-state index in [0.717, 1.165) is 53.0 Å². The molecule has 0 unspecified atom stereocenters. The molecule has 0 amide bonds. The van der Waals surface area contributed by atoms with Gasteiger partial charge in [0, 0.05) is 6.54 Å². The summed E-state index contributed by atoms with van der Waals surface area (Å²) in [7, 11) is 1.65. The van der Waals surface area contributed by atoms with Crippen LogP contribution in [-0.2, 0) is 13.0 Å². The van der Waals surface area contributed by atoms with Crippen LogP contribution in [0.4, 0.5) is 4.39 Å². The van der Waals surface area contributed by atoms with E-state index in [1.165, 1.54) is 12.1 Å². The zero-order chi connectivity index (χ0) is 17.4. The Morgan fingerprint density at radius 2 is 1.88 bits per heavy atom. The Morgan fingerprint density at radius 3 is 2.54 bits per heavy atom. The third-order valence-electron chi connectivity index (χ3n) is 3.57. The molecular weight excluding hydrogens is 373 g/mol. The maximum Gasteiger partial charge on any atom is 0.175 e. The van der Waals surface area contributed by atoms with E-state index in [1.54, 1.807) is 7.11 Å². The normalized spacial score (nSPS) is 10.7. The molecule has 0 atom stereocenters. The second-order valence-electron chi connectivity index (χ2n) is 5.51. The summed E-state index contributed by atoms with van der Waals surface area (Å²) in [6.45, 7) is 4.27. The molecular formula is C19H23BrFNO2. The number of nitrogens with one attached hydrogen (secondary N) is 1. The van der Waals surface area contributed by atoms with Crippen molar-refractivity contribution in [1.29, 1.82) is 0 Å². The average Bonchev–Trinajstić information content (AvgIpc) is 2.59. The fourth-order valence-electron chi connectivity index (χ4n) is 2.34. The van der Waals surface area contributed by atoms with E-state index < -0.39 is 0 Å². The van der Waals surface area contributed by atoms with Crippen LogP contribution in [0.5, 0.6) is 11.5 Å². The molecule has 2 aromatic carbocycles. The highest BCUT2D eigenvalue weighted by Gasteiger charge is 2.11. The molecule has 0 heterocycles. The summed E-state index contributed by atoms with van der Waals surface area (Å²) in [6.07, 6.45) is 1.80. The van der Waals surface area contributed by atoms with Crippen molar-refractivity contribution in [3.05, 3.63) is 57.8 Å². The highest BCUT2D eigenvalue weighted by Crippen LogP contribution is 2.36. The van der Waals surface area contributed by atoms with E-state index in [4.69, 9.17) is 9.47 Å². The molecule has 0 saturated carbocycles. The number of rotatable bonds is 9. The van der Waals surface area contributed by atoms with Crippen molar-refractivity contribution < 1.29 is 13.9 Å². The summed E-state index contributed by atoms with van der Waals surface area (Å²) in [5.41, 5.74) is 2.23. The van der Waals surface area contributed by atoms with E-state index in [9.17, 15) is 4.39 Å². The number of halogens is 2. The van der Waals surface area contributed by atoms with Crippen LogP contribution in [0.2, 0.25) is 0 Å². The molecule has 2 aromatic rings. The van der Waals surface area contributed by atoms with Gasteiger partial charge in [0.1, 0.15) is 5.82 Å². The monoisotopic (exact) mass is 395 g/mol. The summed E-state index contributed by atoms with van der Waals surface area (Å²) >= 11 is 3.55. The van der Waals surface area contributed by atoms with E-state index in [1.807, 2.05) is 24.3 Å². The first kappa shape index (κ1) is 18.7. The molecule has 5 heteroatoms. The lowest BCUT2D eigenvalue weighted by Crippen LogP contribution is -2.16. The first-order chi connectivity index (χ1) is 11.6. The zero-order valence-electron chi connectivity index (χ0n) is 14.1. The second-order valence-corrected chi connectivity index (χ2v) is 6.37. The van der Waals surface area contributed by atoms with E-state index in [2.05, 4.69) is 28.2 Å². The lowest BCUT2D eigenvalue weighted by Gasteiger charge is -2.14. The average molecular weight is 396 g/mol. The third kappa shape index (κ3) is 5.49. The number of methoxy groups -OCH3 is 1. The van der Waals surface area contributed by atoms with Crippen LogP contribution in [0, 0.1) is 5.82 Å². The largest absolute Gasteiger partial charge is 0.493 e. The topological polar surface area (TPSA) is 30.5 Å². The molecule has 0 saturated heterocycles. The van der Waals surface area contributed by atoms with Crippen LogP contribution >= 0.6 is 15.9 Å². The highest BCUT2D eigenvalue weighted by molar-refractivity contribution is 9.10. The molecule has 24 heavy (non-hydrogen) atoms. The van der Waals surface area contributed by atoms with Gasteiger partial charge < -0.3 is 14.8 Å². The minimum absolute atomic E-state index is 0.200. The predicted molar refractivity (Wildman–Crippen MR) is 98.3 cm³/mol. The SMILES string of the molecule is CCCOc1c(Br)cc(CNCCc2ccc(F)cc2)cc1OC. The van der Waals surface area contributed by atoms with Gasteiger partial charge in [-0.05, 0) is 70.7 Å². The Kier molecular flexibility index (Phi) is 7.53. The summed E-state index contributed by atoms with van der Waals surface area (Å²) in [6, 6.07) is 10.6. The molecule has 0 bridgehead atoms. The van der Waals surface area contributed by atoms with Gasteiger partial charge in [-0.25, -0.2) is 4.39 Å². The smallest absolute Gasteiger partial charge is 0.175 e. The molecule has 0 aliphatic carbocycles. The third-order valence-corrected chi connectivity index (χ3v) is 4.16. The highest BCUT2D eigenvalue weighted by atomic mass is 79.9. The van der Waals surface area contributed by atoms with Crippen molar-refractivity contribution in [2.75, 3.05) is 20.3 Å². The van der Waals surface area contributed by atoms with Crippen LogP contribution in [0.1, 0.15) is 24.5 Å². The lowest BCUT2D eigenvalue weighted by molar-refractivity contribution is 0.292. The molecule has 3 nitrogen and oxygen atoms in total. The van der Waals surface area contributed by atoms with Gasteiger partial charge in [-0.3, -0.25) is 0 Å². The molecule has 130 valence electrons. The molecule has 0 aliphatic rings. The first-order valence-corrected chi connectivity index (χ1v) is 8.87. The van der Waals surface area contributed by atoms with Crippen molar-refractivity contribution in [2.24, 2.45) is 0 Å². The maximum atomic E-state index is 12.9. The molecule has 2 rings (SSSR count). The Labute approximate surface area is 151 Å². The van der Waals surface area contributed by atoms with Crippen molar-refractivity contribution in [1.82, 2.24) is 5.32 Å². The minimum atomic E-state index is -0.200. The molecule has 0 aliphatic heterocycles. The summed E-state index contributed by atoms with van der Waals surface area (Å²) < 4.78 is 24.9. The van der Waals surface area contributed by atoms with Gasteiger partial charge in [-0.15, -0.1) is 0 Å². The zero-order valence-corrected chi connectivity index (χ0v) is 15.7. The van der Waals surface area contributed by atoms with Crippen LogP contribution in [0.25, 0.3) is 0 Å². The predicted octanol–water partition coefficient (Wildman–Crippen LogP) is 4.72. The quantitative estimate of drug-likeness (QED) is 0.623. The number of hydrogen-bond acceptors (Lipinski definition) is 3. The fourth-order valence-corrected chi connectivity index (χ4v) is 2.94. The molecule has 0 aromatic heterocycles. The van der Waals surface area contributed by atoms with Crippen molar-refractivity contribution in [3.63, 3.8) is 0 Å². The summed E-state index contributed by atoms with van der Waals surface area (Å²) in [5, 5.41) is 3.39. The number of hydrogen-bond donors (Lipinski definition) is 1. The van der Waals surface area contributed by atoms with E-state index >= 15 is 0 Å². The van der Waals surface area contributed by atoms with E-state index in [-0.39, 0.29) is 5.82 Å². The Hall–Kier alpha value is -1.59. The molecule has 0 fully saturated rings. The van der Waals surface area contributed by atoms with Gasteiger partial charge in [0.25, 0.3) is 0 Å². The van der Waals surface area contributed by atoms with Crippen molar-refractivity contribution in [2.45, 2.75) is 26.3 Å². The summed E-state index contributed by atoms with van der Waals surface area (Å²) in [4.78, 5) is 0. The maximum absolute atomic E-state index is 12.9. The Balaban J connectivity index is 1.90. The van der Waals surface area contributed by atoms with Gasteiger partial charge in [0.2, 0.25) is 0 Å². The first-order valence-electron chi connectivity index (χ1n) is 8.08. The van der Waals surface area contributed by atoms with Gasteiger partial charge in [-0.2, -0.15) is 0 Å².